The molecule has 142 valence electrons. The van der Waals surface area contributed by atoms with E-state index in [0.717, 1.165) is 17.3 Å². The number of ether oxygens (including phenoxy) is 1. The van der Waals surface area contributed by atoms with E-state index >= 15 is 0 Å². The number of benzene rings is 2. The van der Waals surface area contributed by atoms with Gasteiger partial charge in [-0.1, -0.05) is 62.8 Å². The monoisotopic (exact) mass is 384 g/mol. The summed E-state index contributed by atoms with van der Waals surface area (Å²) < 4.78 is 5.75. The third-order valence-electron chi connectivity index (χ3n) is 4.53. The van der Waals surface area contributed by atoms with Crippen LogP contribution in [-0.2, 0) is 0 Å². The summed E-state index contributed by atoms with van der Waals surface area (Å²) in [6.45, 7) is 2.87. The number of rotatable bonds is 9. The average molecular weight is 385 g/mol. The van der Waals surface area contributed by atoms with E-state index in [9.17, 15) is 5.11 Å². The van der Waals surface area contributed by atoms with Gasteiger partial charge < -0.3 is 9.84 Å². The molecule has 0 saturated carbocycles. The van der Waals surface area contributed by atoms with Crippen molar-refractivity contribution in [1.29, 1.82) is 0 Å². The molecule has 27 heavy (non-hydrogen) atoms. The molecular formula is C22H25ClN2O2. The Hall–Kier alpha value is -2.33. The Morgan fingerprint density at radius 1 is 0.963 bits per heavy atom. The van der Waals surface area contributed by atoms with Crippen molar-refractivity contribution in [2.45, 2.75) is 45.4 Å². The molecule has 0 atom stereocenters. The van der Waals surface area contributed by atoms with E-state index in [0.29, 0.717) is 28.9 Å². The van der Waals surface area contributed by atoms with Crippen molar-refractivity contribution >= 4 is 22.5 Å². The first-order valence-electron chi connectivity index (χ1n) is 9.57. The quantitative estimate of drug-likeness (QED) is 0.342. The summed E-state index contributed by atoms with van der Waals surface area (Å²) in [5.41, 5.74) is 1.28. The SMILES string of the molecule is CCCCCCCCOc1ccc(-c2nc(Cl)c3ccccc3n2)c(O)c1. The van der Waals surface area contributed by atoms with Crippen LogP contribution in [0.5, 0.6) is 11.5 Å². The first-order chi connectivity index (χ1) is 13.2. The highest BCUT2D eigenvalue weighted by atomic mass is 35.5. The van der Waals surface area contributed by atoms with Gasteiger partial charge in [0.25, 0.3) is 0 Å². The van der Waals surface area contributed by atoms with Crippen LogP contribution in [0.1, 0.15) is 45.4 Å². The molecule has 3 rings (SSSR count). The van der Waals surface area contributed by atoms with E-state index in [4.69, 9.17) is 16.3 Å². The number of halogens is 1. The minimum atomic E-state index is 0.0850. The predicted molar refractivity (Wildman–Crippen MR) is 111 cm³/mol. The third kappa shape index (κ3) is 5.10. The maximum atomic E-state index is 10.4. The summed E-state index contributed by atoms with van der Waals surface area (Å²) in [6, 6.07) is 12.8. The lowest BCUT2D eigenvalue weighted by Crippen LogP contribution is -1.98. The van der Waals surface area contributed by atoms with Gasteiger partial charge in [0.2, 0.25) is 0 Å². The summed E-state index contributed by atoms with van der Waals surface area (Å²) in [7, 11) is 0. The van der Waals surface area contributed by atoms with Crippen molar-refractivity contribution in [1.82, 2.24) is 9.97 Å². The highest BCUT2D eigenvalue weighted by Gasteiger charge is 2.12. The summed E-state index contributed by atoms with van der Waals surface area (Å²) in [4.78, 5) is 8.84. The standard InChI is InChI=1S/C22H25ClN2O2/c1-2-3-4-5-6-9-14-27-16-12-13-18(20(26)15-16)22-24-19-11-8-7-10-17(19)21(23)25-22/h7-8,10-13,15,26H,2-6,9,14H2,1H3. The van der Waals surface area contributed by atoms with Crippen LogP contribution in [0.3, 0.4) is 0 Å². The third-order valence-corrected chi connectivity index (χ3v) is 4.82. The van der Waals surface area contributed by atoms with Gasteiger partial charge in [-0.05, 0) is 30.7 Å². The first kappa shape index (κ1) is 19.4. The zero-order valence-electron chi connectivity index (χ0n) is 15.6. The van der Waals surface area contributed by atoms with Crippen molar-refractivity contribution in [2.75, 3.05) is 6.61 Å². The molecule has 0 unspecified atom stereocenters. The lowest BCUT2D eigenvalue weighted by atomic mass is 10.1. The minimum Gasteiger partial charge on any atom is -0.507 e. The molecule has 0 bridgehead atoms. The molecule has 0 radical (unpaired) electrons. The number of aromatic hydroxyl groups is 1. The molecule has 5 heteroatoms. The molecule has 1 N–H and O–H groups in total. The zero-order chi connectivity index (χ0) is 19.1. The first-order valence-corrected chi connectivity index (χ1v) is 9.95. The molecule has 3 aromatic rings. The molecule has 2 aromatic carbocycles. The van der Waals surface area contributed by atoms with Crippen LogP contribution in [0.15, 0.2) is 42.5 Å². The number of hydrogen-bond donors (Lipinski definition) is 1. The number of nitrogens with zero attached hydrogens (tertiary/aromatic N) is 2. The van der Waals surface area contributed by atoms with Crippen molar-refractivity contribution in [3.63, 3.8) is 0 Å². The van der Waals surface area contributed by atoms with Gasteiger partial charge in [-0.25, -0.2) is 9.97 Å². The molecule has 1 heterocycles. The topological polar surface area (TPSA) is 55.2 Å². The number of fused-ring (bicyclic) bond motifs is 1. The van der Waals surface area contributed by atoms with E-state index < -0.39 is 0 Å². The van der Waals surface area contributed by atoms with E-state index in [1.54, 1.807) is 12.1 Å². The molecular weight excluding hydrogens is 360 g/mol. The number of para-hydroxylation sites is 1. The van der Waals surface area contributed by atoms with E-state index in [1.807, 2.05) is 30.3 Å². The highest BCUT2D eigenvalue weighted by molar-refractivity contribution is 6.34. The fourth-order valence-corrected chi connectivity index (χ4v) is 3.26. The smallest absolute Gasteiger partial charge is 0.165 e. The number of phenolic OH excluding ortho intramolecular Hbond substituents is 1. The number of aromatic nitrogens is 2. The van der Waals surface area contributed by atoms with Crippen LogP contribution in [0.4, 0.5) is 0 Å². The molecule has 0 aliphatic carbocycles. The van der Waals surface area contributed by atoms with Gasteiger partial charge in [0.15, 0.2) is 5.82 Å². The second kappa shape index (κ2) is 9.56. The van der Waals surface area contributed by atoms with E-state index in [2.05, 4.69) is 16.9 Å². The zero-order valence-corrected chi connectivity index (χ0v) is 16.4. The molecule has 0 aliphatic heterocycles. The van der Waals surface area contributed by atoms with Crippen molar-refractivity contribution in [3.05, 3.63) is 47.6 Å². The van der Waals surface area contributed by atoms with Crippen molar-refractivity contribution in [2.24, 2.45) is 0 Å². The Kier molecular flexibility index (Phi) is 6.88. The van der Waals surface area contributed by atoms with Gasteiger partial charge in [-0.3, -0.25) is 0 Å². The lowest BCUT2D eigenvalue weighted by molar-refractivity contribution is 0.303. The largest absolute Gasteiger partial charge is 0.507 e. The Morgan fingerprint density at radius 3 is 2.56 bits per heavy atom. The predicted octanol–water partition coefficient (Wildman–Crippen LogP) is 6.40. The molecule has 0 spiro atoms. The Bertz CT molecular complexity index is 899. The molecule has 1 aromatic heterocycles. The molecule has 0 aliphatic rings. The lowest BCUT2D eigenvalue weighted by Gasteiger charge is -2.10. The second-order valence-corrected chi connectivity index (χ2v) is 7.01. The molecule has 0 amide bonds. The maximum absolute atomic E-state index is 10.4. The van der Waals surface area contributed by atoms with Gasteiger partial charge in [-0.2, -0.15) is 0 Å². The van der Waals surface area contributed by atoms with Gasteiger partial charge in [0.1, 0.15) is 16.7 Å². The van der Waals surface area contributed by atoms with Crippen LogP contribution < -0.4 is 4.74 Å². The van der Waals surface area contributed by atoms with Gasteiger partial charge in [0.05, 0.1) is 17.7 Å². The van der Waals surface area contributed by atoms with Gasteiger partial charge in [0, 0.05) is 11.5 Å². The second-order valence-electron chi connectivity index (χ2n) is 6.65. The molecule has 0 fully saturated rings. The van der Waals surface area contributed by atoms with Crippen LogP contribution in [0.25, 0.3) is 22.3 Å². The number of hydrogen-bond acceptors (Lipinski definition) is 4. The van der Waals surface area contributed by atoms with Gasteiger partial charge in [-0.15, -0.1) is 0 Å². The summed E-state index contributed by atoms with van der Waals surface area (Å²) in [6.07, 6.45) is 7.30. The summed E-state index contributed by atoms with van der Waals surface area (Å²) >= 11 is 6.27. The van der Waals surface area contributed by atoms with Crippen molar-refractivity contribution in [3.8, 4) is 22.9 Å². The average Bonchev–Trinajstić information content (AvgIpc) is 2.67. The minimum absolute atomic E-state index is 0.0850. The van der Waals surface area contributed by atoms with Gasteiger partial charge >= 0.3 is 0 Å². The van der Waals surface area contributed by atoms with Crippen LogP contribution in [0.2, 0.25) is 5.15 Å². The van der Waals surface area contributed by atoms with E-state index in [1.165, 1.54) is 32.1 Å². The van der Waals surface area contributed by atoms with Crippen LogP contribution in [-0.4, -0.2) is 21.7 Å². The fraction of sp³-hybridized carbons (Fsp3) is 0.364. The molecule has 4 nitrogen and oxygen atoms in total. The Labute approximate surface area is 165 Å². The fourth-order valence-electron chi connectivity index (χ4n) is 3.02. The van der Waals surface area contributed by atoms with Crippen LogP contribution in [0, 0.1) is 0 Å². The molecule has 0 saturated heterocycles. The van der Waals surface area contributed by atoms with Crippen molar-refractivity contribution < 1.29 is 9.84 Å². The normalized spacial score (nSPS) is 11.0. The Morgan fingerprint density at radius 2 is 1.74 bits per heavy atom. The Balaban J connectivity index is 1.65. The number of phenols is 1. The number of unbranched alkanes of at least 4 members (excludes halogenated alkanes) is 5. The highest BCUT2D eigenvalue weighted by Crippen LogP contribution is 2.32. The van der Waals surface area contributed by atoms with Crippen LogP contribution >= 0.6 is 11.6 Å². The summed E-state index contributed by atoms with van der Waals surface area (Å²) in [5, 5.41) is 11.6. The maximum Gasteiger partial charge on any atom is 0.165 e. The summed E-state index contributed by atoms with van der Waals surface area (Å²) in [5.74, 6) is 1.14. The van der Waals surface area contributed by atoms with E-state index in [-0.39, 0.29) is 5.75 Å².